The molecule has 0 saturated heterocycles. The summed E-state index contributed by atoms with van der Waals surface area (Å²) in [5.74, 6) is 0. The Morgan fingerprint density at radius 2 is 1.54 bits per heavy atom. The third kappa shape index (κ3) is 3.84. The highest BCUT2D eigenvalue weighted by atomic mass is 32.2. The minimum Gasteiger partial charge on any atom is -0.395 e. The second-order valence-corrected chi connectivity index (χ2v) is 9.02. The van der Waals surface area contributed by atoms with Gasteiger partial charge in [0.25, 0.3) is 0 Å². The minimum atomic E-state index is -3.99. The van der Waals surface area contributed by atoms with Gasteiger partial charge in [-0.05, 0) is 28.7 Å². The van der Waals surface area contributed by atoms with E-state index in [0.29, 0.717) is 0 Å². The first-order valence-corrected chi connectivity index (χ1v) is 9.37. The van der Waals surface area contributed by atoms with Crippen LogP contribution in [0.4, 0.5) is 4.39 Å². The fourth-order valence-corrected chi connectivity index (χ4v) is 4.05. The predicted molar refractivity (Wildman–Crippen MR) is 93.5 cm³/mol. The van der Waals surface area contributed by atoms with Crippen LogP contribution in [0.2, 0.25) is 0 Å². The number of hydrogen-bond donors (Lipinski definition) is 1. The number of halogens is 1. The first-order chi connectivity index (χ1) is 11.2. The predicted octanol–water partition coefficient (Wildman–Crippen LogP) is 3.83. The van der Waals surface area contributed by atoms with Crippen LogP contribution >= 0.6 is 0 Å². The Labute approximate surface area is 143 Å². The van der Waals surface area contributed by atoms with Crippen LogP contribution in [0.25, 0.3) is 0 Å². The molecule has 0 bridgehead atoms. The monoisotopic (exact) mass is 350 g/mol. The van der Waals surface area contributed by atoms with Crippen molar-refractivity contribution in [3.63, 3.8) is 0 Å². The highest BCUT2D eigenvalue weighted by molar-refractivity contribution is 7.92. The van der Waals surface area contributed by atoms with E-state index in [9.17, 15) is 17.9 Å². The highest BCUT2D eigenvalue weighted by Gasteiger charge is 2.35. The quantitative estimate of drug-likeness (QED) is 0.892. The third-order valence-corrected chi connectivity index (χ3v) is 6.19. The molecule has 0 aliphatic heterocycles. The Kier molecular flexibility index (Phi) is 5.45. The van der Waals surface area contributed by atoms with Crippen molar-refractivity contribution in [1.29, 1.82) is 0 Å². The van der Waals surface area contributed by atoms with E-state index in [-0.39, 0.29) is 15.9 Å². The van der Waals surface area contributed by atoms with Crippen LogP contribution in [-0.2, 0) is 15.3 Å². The van der Waals surface area contributed by atoms with Gasteiger partial charge >= 0.3 is 0 Å². The number of rotatable bonds is 5. The fraction of sp³-hybridized carbons (Fsp3) is 0.368. The smallest absolute Gasteiger partial charge is 0.186 e. The molecule has 2 aromatic carbocycles. The molecule has 0 aromatic heterocycles. The second-order valence-electron chi connectivity index (χ2n) is 6.85. The average Bonchev–Trinajstić information content (AvgIpc) is 2.55. The maximum absolute atomic E-state index is 14.7. The molecule has 0 saturated carbocycles. The van der Waals surface area contributed by atoms with Crippen molar-refractivity contribution in [3.8, 4) is 0 Å². The van der Waals surface area contributed by atoms with E-state index in [1.165, 1.54) is 24.3 Å². The lowest BCUT2D eigenvalue weighted by molar-refractivity contribution is 0.224. The van der Waals surface area contributed by atoms with Crippen LogP contribution in [-0.4, -0.2) is 25.4 Å². The Balaban J connectivity index is 2.36. The molecule has 5 heteroatoms. The van der Waals surface area contributed by atoms with Crippen molar-refractivity contribution in [2.24, 2.45) is 0 Å². The van der Waals surface area contributed by atoms with Gasteiger partial charge in [-0.25, -0.2) is 12.8 Å². The van der Waals surface area contributed by atoms with Crippen molar-refractivity contribution in [3.05, 3.63) is 65.7 Å². The molecule has 130 valence electrons. The Hall–Kier alpha value is -1.72. The summed E-state index contributed by atoms with van der Waals surface area (Å²) in [4.78, 5) is 0.0214. The first-order valence-electron chi connectivity index (χ1n) is 7.82. The number of sulfone groups is 1. The van der Waals surface area contributed by atoms with Gasteiger partial charge < -0.3 is 5.11 Å². The van der Waals surface area contributed by atoms with Crippen molar-refractivity contribution in [2.75, 3.05) is 6.61 Å². The van der Waals surface area contributed by atoms with Crippen LogP contribution in [0.3, 0.4) is 0 Å². The lowest BCUT2D eigenvalue weighted by Gasteiger charge is -2.22. The van der Waals surface area contributed by atoms with Crippen LogP contribution in [0.1, 0.15) is 38.1 Å². The van der Waals surface area contributed by atoms with Crippen LogP contribution in [0.5, 0.6) is 0 Å². The molecular weight excluding hydrogens is 327 g/mol. The van der Waals surface area contributed by atoms with Gasteiger partial charge in [0.15, 0.2) is 9.84 Å². The maximum Gasteiger partial charge on any atom is 0.186 e. The third-order valence-electron chi connectivity index (χ3n) is 4.07. The van der Waals surface area contributed by atoms with Gasteiger partial charge in [-0.2, -0.15) is 0 Å². The zero-order valence-electron chi connectivity index (χ0n) is 14.1. The summed E-state index contributed by atoms with van der Waals surface area (Å²) in [7, 11) is -3.99. The van der Waals surface area contributed by atoms with E-state index in [1.807, 2.05) is 20.8 Å². The van der Waals surface area contributed by atoms with Crippen molar-refractivity contribution < 1.29 is 17.9 Å². The summed E-state index contributed by atoms with van der Waals surface area (Å²) in [6.45, 7) is 5.31. The van der Waals surface area contributed by atoms with Gasteiger partial charge in [0.05, 0.1) is 11.5 Å². The minimum absolute atomic E-state index is 0.0214. The standard InChI is InChI=1S/C19H23FO3S/c1-19(2,3)15-9-11-16(12-10-15)24(22,23)17(13-21)18(20)14-7-5-4-6-8-14/h4-12,17-18,21H,13H2,1-3H3/t17-,18+/m1/s1. The molecule has 0 aliphatic carbocycles. The van der Waals surface area contributed by atoms with E-state index < -0.39 is 27.9 Å². The Morgan fingerprint density at radius 3 is 2.00 bits per heavy atom. The molecule has 0 unspecified atom stereocenters. The Morgan fingerprint density at radius 1 is 1.00 bits per heavy atom. The second kappa shape index (κ2) is 7.03. The normalized spacial score (nSPS) is 15.0. The zero-order valence-corrected chi connectivity index (χ0v) is 14.9. The Bertz CT molecular complexity index is 763. The zero-order chi connectivity index (χ0) is 18.0. The summed E-state index contributed by atoms with van der Waals surface area (Å²) >= 11 is 0. The largest absolute Gasteiger partial charge is 0.395 e. The molecule has 2 rings (SSSR count). The molecular formula is C19H23FO3S. The van der Waals surface area contributed by atoms with Gasteiger partial charge in [-0.15, -0.1) is 0 Å². The first kappa shape index (κ1) is 18.6. The number of alkyl halides is 1. The summed E-state index contributed by atoms with van der Waals surface area (Å²) in [5, 5.41) is 7.99. The van der Waals surface area contributed by atoms with Crippen LogP contribution in [0, 0.1) is 0 Å². The van der Waals surface area contributed by atoms with Gasteiger partial charge in [0.2, 0.25) is 0 Å². The van der Waals surface area contributed by atoms with E-state index in [0.717, 1.165) is 5.56 Å². The summed E-state index contributed by atoms with van der Waals surface area (Å²) < 4.78 is 40.2. The van der Waals surface area contributed by atoms with Gasteiger partial charge in [-0.1, -0.05) is 63.2 Å². The number of aliphatic hydroxyl groups is 1. The molecule has 0 radical (unpaired) electrons. The number of hydrogen-bond acceptors (Lipinski definition) is 3. The lowest BCUT2D eigenvalue weighted by Crippen LogP contribution is -2.30. The number of aliphatic hydroxyl groups excluding tert-OH is 1. The molecule has 0 heterocycles. The van der Waals surface area contributed by atoms with Gasteiger partial charge in [0, 0.05) is 0 Å². The van der Waals surface area contributed by atoms with Gasteiger partial charge in [-0.3, -0.25) is 0 Å². The van der Waals surface area contributed by atoms with Crippen molar-refractivity contribution >= 4 is 9.84 Å². The van der Waals surface area contributed by atoms with E-state index in [1.54, 1.807) is 30.3 Å². The molecule has 2 aromatic rings. The van der Waals surface area contributed by atoms with Crippen LogP contribution in [0.15, 0.2) is 59.5 Å². The molecule has 0 fully saturated rings. The average molecular weight is 350 g/mol. The highest BCUT2D eigenvalue weighted by Crippen LogP contribution is 2.31. The molecule has 0 aliphatic rings. The van der Waals surface area contributed by atoms with Crippen LogP contribution < -0.4 is 0 Å². The molecule has 0 spiro atoms. The topological polar surface area (TPSA) is 54.4 Å². The number of benzene rings is 2. The SMILES string of the molecule is CC(C)(C)c1ccc(S(=O)(=O)[C@H](CO)[C@@H](F)c2ccccc2)cc1. The fourth-order valence-electron chi connectivity index (χ4n) is 2.52. The van der Waals surface area contributed by atoms with E-state index in [4.69, 9.17) is 0 Å². The summed E-state index contributed by atoms with van der Waals surface area (Å²) in [6.07, 6.45) is -1.79. The van der Waals surface area contributed by atoms with E-state index in [2.05, 4.69) is 0 Å². The molecule has 2 atom stereocenters. The van der Waals surface area contributed by atoms with Gasteiger partial charge in [0.1, 0.15) is 11.4 Å². The van der Waals surface area contributed by atoms with E-state index >= 15 is 0 Å². The van der Waals surface area contributed by atoms with Crippen molar-refractivity contribution in [2.45, 2.75) is 42.5 Å². The summed E-state index contributed by atoms with van der Waals surface area (Å²) in [5.41, 5.74) is 1.12. The van der Waals surface area contributed by atoms with Crippen molar-refractivity contribution in [1.82, 2.24) is 0 Å². The maximum atomic E-state index is 14.7. The molecule has 0 amide bonds. The molecule has 3 nitrogen and oxygen atoms in total. The summed E-state index contributed by atoms with van der Waals surface area (Å²) in [6, 6.07) is 14.5. The molecule has 24 heavy (non-hydrogen) atoms. The molecule has 1 N–H and O–H groups in total. The lowest BCUT2D eigenvalue weighted by atomic mass is 9.87.